The SMILES string of the molecule is COC(=O)c1c(S(=O)(=O)NCCc2ccccc2)sc2c1CCN(C(=O)C1=CCCC1)C2. The lowest BCUT2D eigenvalue weighted by Gasteiger charge is -2.27. The Morgan fingerprint density at radius 2 is 1.97 bits per heavy atom. The molecule has 1 aromatic carbocycles. The van der Waals surface area contributed by atoms with Crippen LogP contribution in [0.2, 0.25) is 0 Å². The number of nitrogens with one attached hydrogen (secondary N) is 1. The number of fused-ring (bicyclic) bond motifs is 1. The molecule has 0 radical (unpaired) electrons. The molecule has 1 aliphatic heterocycles. The van der Waals surface area contributed by atoms with Crippen LogP contribution >= 0.6 is 11.3 Å². The third-order valence-electron chi connectivity index (χ3n) is 5.81. The summed E-state index contributed by atoms with van der Waals surface area (Å²) in [5, 5.41) is 0. The van der Waals surface area contributed by atoms with Crippen molar-refractivity contribution in [3.63, 3.8) is 0 Å². The van der Waals surface area contributed by atoms with Crippen LogP contribution < -0.4 is 4.72 Å². The van der Waals surface area contributed by atoms with Crippen molar-refractivity contribution in [3.8, 4) is 0 Å². The third kappa shape index (κ3) is 4.65. The quantitative estimate of drug-likeness (QED) is 0.623. The Bertz CT molecular complexity index is 1150. The van der Waals surface area contributed by atoms with Gasteiger partial charge in [-0.05, 0) is 43.2 Å². The van der Waals surface area contributed by atoms with Crippen LogP contribution in [0.1, 0.15) is 45.6 Å². The average molecular weight is 475 g/mol. The lowest BCUT2D eigenvalue weighted by Crippen LogP contribution is -2.36. The molecule has 1 aromatic heterocycles. The fraction of sp³-hybridized carbons (Fsp3) is 0.391. The molecule has 7 nitrogen and oxygen atoms in total. The minimum atomic E-state index is -3.91. The largest absolute Gasteiger partial charge is 0.465 e. The molecular weight excluding hydrogens is 448 g/mol. The van der Waals surface area contributed by atoms with Crippen molar-refractivity contribution in [1.82, 2.24) is 9.62 Å². The number of hydrogen-bond donors (Lipinski definition) is 1. The van der Waals surface area contributed by atoms with E-state index in [2.05, 4.69) is 4.72 Å². The molecule has 0 spiro atoms. The number of nitrogens with zero attached hydrogens (tertiary/aromatic N) is 1. The summed E-state index contributed by atoms with van der Waals surface area (Å²) >= 11 is 1.06. The molecule has 2 aromatic rings. The second-order valence-electron chi connectivity index (χ2n) is 7.89. The number of methoxy groups -OCH3 is 1. The maximum absolute atomic E-state index is 13.1. The summed E-state index contributed by atoms with van der Waals surface area (Å²) in [6.45, 7) is 0.971. The Hall–Kier alpha value is -2.49. The number of thiophene rings is 1. The van der Waals surface area contributed by atoms with Crippen LogP contribution in [0.3, 0.4) is 0 Å². The minimum Gasteiger partial charge on any atom is -0.465 e. The van der Waals surface area contributed by atoms with Crippen LogP contribution in [0.4, 0.5) is 0 Å². The van der Waals surface area contributed by atoms with Gasteiger partial charge in [0.1, 0.15) is 4.21 Å². The van der Waals surface area contributed by atoms with Crippen molar-refractivity contribution in [2.45, 2.75) is 42.9 Å². The fourth-order valence-electron chi connectivity index (χ4n) is 4.16. The van der Waals surface area contributed by atoms with Gasteiger partial charge in [-0.15, -0.1) is 11.3 Å². The molecule has 0 atom stereocenters. The second kappa shape index (κ2) is 9.56. The summed E-state index contributed by atoms with van der Waals surface area (Å²) in [4.78, 5) is 27.8. The Morgan fingerprint density at radius 1 is 1.19 bits per heavy atom. The highest BCUT2D eigenvalue weighted by molar-refractivity contribution is 7.91. The first-order valence-electron chi connectivity index (χ1n) is 10.7. The van der Waals surface area contributed by atoms with Gasteiger partial charge in [-0.3, -0.25) is 4.79 Å². The van der Waals surface area contributed by atoms with E-state index in [9.17, 15) is 18.0 Å². The predicted octanol–water partition coefficient (Wildman–Crippen LogP) is 3.05. The Labute approximate surface area is 192 Å². The maximum atomic E-state index is 13.1. The zero-order chi connectivity index (χ0) is 22.7. The fourth-order valence-corrected chi connectivity index (χ4v) is 7.13. The van der Waals surface area contributed by atoms with Crippen LogP contribution in [-0.2, 0) is 38.9 Å². The smallest absolute Gasteiger partial charge is 0.340 e. The molecule has 32 heavy (non-hydrogen) atoms. The van der Waals surface area contributed by atoms with E-state index in [-0.39, 0.29) is 22.2 Å². The number of ether oxygens (including phenoxy) is 1. The summed E-state index contributed by atoms with van der Waals surface area (Å²) in [6, 6.07) is 9.58. The molecule has 2 heterocycles. The van der Waals surface area contributed by atoms with Crippen LogP contribution in [-0.4, -0.2) is 45.4 Å². The predicted molar refractivity (Wildman–Crippen MR) is 122 cm³/mol. The first kappa shape index (κ1) is 22.7. The van der Waals surface area contributed by atoms with Gasteiger partial charge in [0.05, 0.1) is 19.2 Å². The van der Waals surface area contributed by atoms with Crippen molar-refractivity contribution < 1.29 is 22.7 Å². The molecule has 1 N–H and O–H groups in total. The lowest BCUT2D eigenvalue weighted by molar-refractivity contribution is -0.128. The van der Waals surface area contributed by atoms with Crippen molar-refractivity contribution in [2.75, 3.05) is 20.2 Å². The van der Waals surface area contributed by atoms with E-state index < -0.39 is 16.0 Å². The van der Waals surface area contributed by atoms with E-state index in [4.69, 9.17) is 4.74 Å². The van der Waals surface area contributed by atoms with Gasteiger partial charge >= 0.3 is 5.97 Å². The van der Waals surface area contributed by atoms with Gasteiger partial charge in [0.2, 0.25) is 5.91 Å². The molecule has 0 saturated heterocycles. The number of rotatable bonds is 7. The average Bonchev–Trinajstić information content (AvgIpc) is 3.47. The Morgan fingerprint density at radius 3 is 2.66 bits per heavy atom. The number of hydrogen-bond acceptors (Lipinski definition) is 6. The highest BCUT2D eigenvalue weighted by Crippen LogP contribution is 2.37. The number of benzene rings is 1. The van der Waals surface area contributed by atoms with Crippen LogP contribution in [0.5, 0.6) is 0 Å². The van der Waals surface area contributed by atoms with Gasteiger partial charge in [0, 0.05) is 23.5 Å². The summed E-state index contributed by atoms with van der Waals surface area (Å²) in [5.41, 5.74) is 2.62. The summed E-state index contributed by atoms with van der Waals surface area (Å²) in [7, 11) is -2.66. The van der Waals surface area contributed by atoms with Crippen LogP contribution in [0.15, 0.2) is 46.2 Å². The molecule has 0 bridgehead atoms. The van der Waals surface area contributed by atoms with Gasteiger partial charge < -0.3 is 9.64 Å². The van der Waals surface area contributed by atoms with Crippen LogP contribution in [0, 0.1) is 0 Å². The van der Waals surface area contributed by atoms with Crippen molar-refractivity contribution in [2.24, 2.45) is 0 Å². The van der Waals surface area contributed by atoms with Gasteiger partial charge in [0.15, 0.2) is 0 Å². The van der Waals surface area contributed by atoms with E-state index in [1.165, 1.54) is 7.11 Å². The number of sulfonamides is 1. The van der Waals surface area contributed by atoms with E-state index in [0.29, 0.717) is 31.5 Å². The third-order valence-corrected chi connectivity index (χ3v) is 9.01. The van der Waals surface area contributed by atoms with Crippen LogP contribution in [0.25, 0.3) is 0 Å². The summed E-state index contributed by atoms with van der Waals surface area (Å²) < 4.78 is 33.7. The number of carbonyl (C=O) groups is 2. The molecule has 0 saturated carbocycles. The summed E-state index contributed by atoms with van der Waals surface area (Å²) in [5.74, 6) is -0.657. The molecule has 2 aliphatic rings. The number of esters is 1. The molecule has 0 fully saturated rings. The van der Waals surface area contributed by atoms with Crippen molar-refractivity contribution in [1.29, 1.82) is 0 Å². The number of carbonyl (C=O) groups excluding carboxylic acids is 2. The van der Waals surface area contributed by atoms with E-state index >= 15 is 0 Å². The monoisotopic (exact) mass is 474 g/mol. The lowest BCUT2D eigenvalue weighted by atomic mass is 10.0. The first-order valence-corrected chi connectivity index (χ1v) is 13.0. The molecule has 9 heteroatoms. The molecule has 0 unspecified atom stereocenters. The van der Waals surface area contributed by atoms with Gasteiger partial charge in [-0.25, -0.2) is 17.9 Å². The minimum absolute atomic E-state index is 0.00608. The molecular formula is C23H26N2O5S2. The molecule has 1 aliphatic carbocycles. The van der Waals surface area contributed by atoms with E-state index in [0.717, 1.165) is 46.6 Å². The second-order valence-corrected chi connectivity index (χ2v) is 11.0. The normalized spacial score (nSPS) is 15.9. The van der Waals surface area contributed by atoms with Gasteiger partial charge in [0.25, 0.3) is 10.0 Å². The zero-order valence-corrected chi connectivity index (χ0v) is 19.6. The topological polar surface area (TPSA) is 92.8 Å². The highest BCUT2D eigenvalue weighted by atomic mass is 32.2. The Kier molecular flexibility index (Phi) is 6.78. The molecule has 170 valence electrons. The Balaban J connectivity index is 1.57. The van der Waals surface area contributed by atoms with E-state index in [1.54, 1.807) is 4.90 Å². The van der Waals surface area contributed by atoms with Gasteiger partial charge in [-0.2, -0.15) is 0 Å². The standard InChI is InChI=1S/C23H26N2O5S2/c1-30-22(27)20-18-12-14-25(21(26)17-9-5-6-10-17)15-19(18)31-23(20)32(28,29)24-13-11-16-7-3-2-4-8-16/h2-4,7-9,24H,5-6,10-15H2,1H3. The zero-order valence-electron chi connectivity index (χ0n) is 17.9. The van der Waals surface area contributed by atoms with E-state index in [1.807, 2.05) is 36.4 Å². The first-order chi connectivity index (χ1) is 15.4. The van der Waals surface area contributed by atoms with Crippen molar-refractivity contribution >= 4 is 33.2 Å². The number of allylic oxidation sites excluding steroid dienone is 1. The van der Waals surface area contributed by atoms with Crippen molar-refractivity contribution in [3.05, 3.63) is 63.5 Å². The maximum Gasteiger partial charge on any atom is 0.340 e. The summed E-state index contributed by atoms with van der Waals surface area (Å²) in [6.07, 6.45) is 5.64. The molecule has 1 amide bonds. The van der Waals surface area contributed by atoms with Gasteiger partial charge in [-0.1, -0.05) is 36.4 Å². The highest BCUT2D eigenvalue weighted by Gasteiger charge is 2.35. The molecule has 4 rings (SSSR count). The number of amides is 1.